The number of hydrogen-bond acceptors (Lipinski definition) is 1. The number of aliphatic carboxylic acids is 1. The maximum atomic E-state index is 10.5. The maximum absolute atomic E-state index is 10.5. The first-order chi connectivity index (χ1) is 6.49. The van der Waals surface area contributed by atoms with E-state index in [0.717, 1.165) is 15.6 Å². The molecule has 1 rings (SSSR count). The molecule has 0 spiro atoms. The third-order valence-corrected chi connectivity index (χ3v) is 2.57. The average molecular weight is 257 g/mol. The molecule has 3 heteroatoms. The van der Waals surface area contributed by atoms with Crippen LogP contribution < -0.4 is 0 Å². The molecule has 0 bridgehead atoms. The van der Waals surface area contributed by atoms with Crippen LogP contribution in [-0.2, 0) is 4.79 Å². The van der Waals surface area contributed by atoms with Crippen molar-refractivity contribution >= 4 is 21.9 Å². The topological polar surface area (TPSA) is 37.3 Å². The highest BCUT2D eigenvalue weighted by Gasteiger charge is 2.10. The van der Waals surface area contributed by atoms with Crippen LogP contribution in [-0.4, -0.2) is 11.1 Å². The third kappa shape index (κ3) is 3.14. The Labute approximate surface area is 92.1 Å². The van der Waals surface area contributed by atoms with E-state index in [9.17, 15) is 4.79 Å². The zero-order chi connectivity index (χ0) is 10.7. The molecule has 0 aliphatic rings. The van der Waals surface area contributed by atoms with Crippen LogP contribution in [0.5, 0.6) is 0 Å². The smallest absolute Gasteiger partial charge is 0.303 e. The van der Waals surface area contributed by atoms with Crippen LogP contribution in [0.1, 0.15) is 30.4 Å². The zero-order valence-corrected chi connectivity index (χ0v) is 9.84. The van der Waals surface area contributed by atoms with Gasteiger partial charge in [0.1, 0.15) is 0 Å². The van der Waals surface area contributed by atoms with Gasteiger partial charge in [-0.15, -0.1) is 0 Å². The standard InChI is InChI=1S/C11H13BrO2/c1-7-3-9(6-10(12)4-7)8(2)5-11(13)14/h3-4,6,8H,5H2,1-2H3,(H,13,14). The van der Waals surface area contributed by atoms with Crippen molar-refractivity contribution in [2.45, 2.75) is 26.2 Å². The van der Waals surface area contributed by atoms with Gasteiger partial charge in [0, 0.05) is 4.47 Å². The van der Waals surface area contributed by atoms with E-state index in [4.69, 9.17) is 5.11 Å². The van der Waals surface area contributed by atoms with Crippen molar-refractivity contribution in [1.82, 2.24) is 0 Å². The first-order valence-corrected chi connectivity index (χ1v) is 5.27. The highest BCUT2D eigenvalue weighted by molar-refractivity contribution is 9.10. The van der Waals surface area contributed by atoms with Crippen molar-refractivity contribution < 1.29 is 9.90 Å². The third-order valence-electron chi connectivity index (χ3n) is 2.11. The quantitative estimate of drug-likeness (QED) is 0.901. The molecule has 14 heavy (non-hydrogen) atoms. The summed E-state index contributed by atoms with van der Waals surface area (Å²) in [6, 6.07) is 6.01. The number of carboxylic acids is 1. The molecule has 0 fully saturated rings. The molecule has 1 aromatic carbocycles. The lowest BCUT2D eigenvalue weighted by Crippen LogP contribution is -2.03. The Morgan fingerprint density at radius 2 is 2.14 bits per heavy atom. The number of benzene rings is 1. The van der Waals surface area contributed by atoms with Crippen molar-refractivity contribution in [3.05, 3.63) is 33.8 Å². The fourth-order valence-corrected chi connectivity index (χ4v) is 2.05. The van der Waals surface area contributed by atoms with E-state index in [1.807, 2.05) is 32.0 Å². The first-order valence-electron chi connectivity index (χ1n) is 4.48. The number of rotatable bonds is 3. The molecule has 1 unspecified atom stereocenters. The van der Waals surface area contributed by atoms with Crippen LogP contribution in [0.25, 0.3) is 0 Å². The largest absolute Gasteiger partial charge is 0.481 e. The van der Waals surface area contributed by atoms with Crippen LogP contribution in [0, 0.1) is 6.92 Å². The maximum Gasteiger partial charge on any atom is 0.303 e. The van der Waals surface area contributed by atoms with Gasteiger partial charge >= 0.3 is 5.97 Å². The number of carbonyl (C=O) groups is 1. The molecule has 0 saturated carbocycles. The monoisotopic (exact) mass is 256 g/mol. The van der Waals surface area contributed by atoms with Crippen molar-refractivity contribution in [3.63, 3.8) is 0 Å². The minimum Gasteiger partial charge on any atom is -0.481 e. The van der Waals surface area contributed by atoms with Crippen molar-refractivity contribution in [3.8, 4) is 0 Å². The molecule has 1 atom stereocenters. The summed E-state index contributed by atoms with van der Waals surface area (Å²) in [5.74, 6) is -0.696. The highest BCUT2D eigenvalue weighted by Crippen LogP contribution is 2.24. The van der Waals surface area contributed by atoms with Gasteiger partial charge in [-0.3, -0.25) is 4.79 Å². The Balaban J connectivity index is 2.89. The lowest BCUT2D eigenvalue weighted by molar-refractivity contribution is -0.137. The van der Waals surface area contributed by atoms with Crippen LogP contribution in [0.4, 0.5) is 0 Å². The Kier molecular flexibility index (Phi) is 3.69. The van der Waals surface area contributed by atoms with Gasteiger partial charge < -0.3 is 5.11 Å². The molecular formula is C11H13BrO2. The van der Waals surface area contributed by atoms with Crippen LogP contribution in [0.2, 0.25) is 0 Å². The summed E-state index contributed by atoms with van der Waals surface area (Å²) < 4.78 is 1.00. The van der Waals surface area contributed by atoms with E-state index in [-0.39, 0.29) is 12.3 Å². The van der Waals surface area contributed by atoms with Crippen molar-refractivity contribution in [2.24, 2.45) is 0 Å². The van der Waals surface area contributed by atoms with Crippen molar-refractivity contribution in [2.75, 3.05) is 0 Å². The summed E-state index contributed by atoms with van der Waals surface area (Å²) >= 11 is 3.40. The van der Waals surface area contributed by atoms with Crippen LogP contribution in [0.3, 0.4) is 0 Å². The van der Waals surface area contributed by atoms with E-state index in [0.29, 0.717) is 0 Å². The summed E-state index contributed by atoms with van der Waals surface area (Å²) in [5, 5.41) is 8.67. The minimum atomic E-state index is -0.755. The molecule has 1 N–H and O–H groups in total. The number of carboxylic acid groups (broad SMARTS) is 1. The van der Waals surface area contributed by atoms with Gasteiger partial charge in [0.15, 0.2) is 0 Å². The minimum absolute atomic E-state index is 0.0590. The van der Waals surface area contributed by atoms with E-state index in [1.54, 1.807) is 0 Å². The molecule has 0 aliphatic carbocycles. The molecule has 0 heterocycles. The Morgan fingerprint density at radius 3 is 2.64 bits per heavy atom. The first kappa shape index (κ1) is 11.2. The van der Waals surface area contributed by atoms with E-state index < -0.39 is 5.97 Å². The summed E-state index contributed by atoms with van der Waals surface area (Å²) in [6.07, 6.45) is 0.176. The SMILES string of the molecule is Cc1cc(Br)cc(C(C)CC(=O)O)c1. The number of hydrogen-bond donors (Lipinski definition) is 1. The Bertz CT molecular complexity index is 327. The van der Waals surface area contributed by atoms with Gasteiger partial charge in [-0.1, -0.05) is 28.9 Å². The average Bonchev–Trinajstić information content (AvgIpc) is 2.00. The van der Waals surface area contributed by atoms with Gasteiger partial charge in [0.2, 0.25) is 0 Å². The molecule has 1 aromatic rings. The summed E-state index contributed by atoms with van der Waals surface area (Å²) in [5.41, 5.74) is 2.21. The molecule has 2 nitrogen and oxygen atoms in total. The normalized spacial score (nSPS) is 12.5. The molecule has 0 aromatic heterocycles. The lowest BCUT2D eigenvalue weighted by Gasteiger charge is -2.10. The Morgan fingerprint density at radius 1 is 1.50 bits per heavy atom. The molecule has 0 radical (unpaired) electrons. The van der Waals surface area contributed by atoms with E-state index in [1.165, 1.54) is 0 Å². The molecular weight excluding hydrogens is 244 g/mol. The highest BCUT2D eigenvalue weighted by atomic mass is 79.9. The zero-order valence-electron chi connectivity index (χ0n) is 8.25. The molecule has 0 aliphatic heterocycles. The number of halogens is 1. The predicted molar refractivity (Wildman–Crippen MR) is 59.5 cm³/mol. The van der Waals surface area contributed by atoms with Gasteiger partial charge in [0.25, 0.3) is 0 Å². The summed E-state index contributed by atoms with van der Waals surface area (Å²) in [7, 11) is 0. The molecule has 76 valence electrons. The van der Waals surface area contributed by atoms with Gasteiger partial charge in [-0.05, 0) is 36.1 Å². The van der Waals surface area contributed by atoms with E-state index in [2.05, 4.69) is 15.9 Å². The van der Waals surface area contributed by atoms with Gasteiger partial charge in [0.05, 0.1) is 6.42 Å². The fraction of sp³-hybridized carbons (Fsp3) is 0.364. The van der Waals surface area contributed by atoms with Gasteiger partial charge in [-0.2, -0.15) is 0 Å². The fourth-order valence-electron chi connectivity index (χ4n) is 1.43. The summed E-state index contributed by atoms with van der Waals surface area (Å²) in [4.78, 5) is 10.5. The van der Waals surface area contributed by atoms with Crippen molar-refractivity contribution in [1.29, 1.82) is 0 Å². The lowest BCUT2D eigenvalue weighted by atomic mass is 9.96. The van der Waals surface area contributed by atoms with Crippen LogP contribution >= 0.6 is 15.9 Å². The second-order valence-corrected chi connectivity index (χ2v) is 4.48. The molecule has 0 saturated heterocycles. The van der Waals surface area contributed by atoms with E-state index >= 15 is 0 Å². The second-order valence-electron chi connectivity index (χ2n) is 3.56. The van der Waals surface area contributed by atoms with Gasteiger partial charge in [-0.25, -0.2) is 0 Å². The Hall–Kier alpha value is -0.830. The number of aryl methyl sites for hydroxylation is 1. The molecule has 0 amide bonds. The summed E-state index contributed by atoms with van der Waals surface area (Å²) in [6.45, 7) is 3.93. The second kappa shape index (κ2) is 4.60. The predicted octanol–water partition coefficient (Wildman–Crippen LogP) is 3.34. The van der Waals surface area contributed by atoms with Crippen LogP contribution in [0.15, 0.2) is 22.7 Å².